The highest BCUT2D eigenvalue weighted by Crippen LogP contribution is 2.21. The number of benzene rings is 2. The molecule has 114 valence electrons. The van der Waals surface area contributed by atoms with Crippen molar-refractivity contribution in [3.8, 4) is 11.5 Å². The van der Waals surface area contributed by atoms with Crippen LogP contribution in [0.1, 0.15) is 34.6 Å². The van der Waals surface area contributed by atoms with Gasteiger partial charge in [-0.15, -0.1) is 0 Å². The van der Waals surface area contributed by atoms with E-state index in [9.17, 15) is 14.7 Å². The molecule has 2 rings (SSSR count). The summed E-state index contributed by atoms with van der Waals surface area (Å²) in [4.78, 5) is 24.1. The Morgan fingerprint density at radius 2 is 1.59 bits per heavy atom. The van der Waals surface area contributed by atoms with E-state index < -0.39 is 11.9 Å². The zero-order valence-corrected chi connectivity index (χ0v) is 12.3. The zero-order valence-electron chi connectivity index (χ0n) is 12.3. The molecular formula is C17H16O5. The third kappa shape index (κ3) is 3.85. The van der Waals surface area contributed by atoms with Gasteiger partial charge < -0.3 is 14.6 Å². The van der Waals surface area contributed by atoms with Crippen LogP contribution in [0.5, 0.6) is 11.5 Å². The number of para-hydroxylation sites is 1. The van der Waals surface area contributed by atoms with Gasteiger partial charge in [0.15, 0.2) is 0 Å². The summed E-state index contributed by atoms with van der Waals surface area (Å²) < 4.78 is 10.4. The molecular weight excluding hydrogens is 284 g/mol. The highest BCUT2D eigenvalue weighted by Gasteiger charge is 2.18. The summed E-state index contributed by atoms with van der Waals surface area (Å²) in [6.07, 6.45) is -0.270. The number of carbonyl (C=O) groups is 2. The Kier molecular flexibility index (Phi) is 4.78. The lowest BCUT2D eigenvalue weighted by Gasteiger charge is -2.11. The van der Waals surface area contributed by atoms with E-state index in [-0.39, 0.29) is 28.7 Å². The van der Waals surface area contributed by atoms with Crippen LogP contribution >= 0.6 is 0 Å². The average Bonchev–Trinajstić information content (AvgIpc) is 2.47. The number of aromatic hydroxyl groups is 1. The van der Waals surface area contributed by atoms with Crippen molar-refractivity contribution in [1.82, 2.24) is 0 Å². The highest BCUT2D eigenvalue weighted by atomic mass is 16.6. The van der Waals surface area contributed by atoms with Crippen LogP contribution in [0.3, 0.4) is 0 Å². The van der Waals surface area contributed by atoms with Gasteiger partial charge in [0, 0.05) is 0 Å². The topological polar surface area (TPSA) is 72.8 Å². The molecule has 2 aromatic carbocycles. The smallest absolute Gasteiger partial charge is 0.343 e. The van der Waals surface area contributed by atoms with Gasteiger partial charge >= 0.3 is 11.9 Å². The van der Waals surface area contributed by atoms with E-state index in [1.54, 1.807) is 26.0 Å². The van der Waals surface area contributed by atoms with E-state index in [2.05, 4.69) is 0 Å². The van der Waals surface area contributed by atoms with Crippen molar-refractivity contribution >= 4 is 11.9 Å². The largest absolute Gasteiger partial charge is 0.508 e. The van der Waals surface area contributed by atoms with E-state index >= 15 is 0 Å². The van der Waals surface area contributed by atoms with Crippen LogP contribution in [0.2, 0.25) is 0 Å². The summed E-state index contributed by atoms with van der Waals surface area (Å²) in [6, 6.07) is 12.0. The fraction of sp³-hybridized carbons (Fsp3) is 0.176. The molecule has 0 aliphatic heterocycles. The van der Waals surface area contributed by atoms with Crippen molar-refractivity contribution in [2.45, 2.75) is 20.0 Å². The second kappa shape index (κ2) is 6.76. The molecule has 0 aromatic heterocycles. The molecule has 0 heterocycles. The first-order valence-corrected chi connectivity index (χ1v) is 6.78. The first kappa shape index (κ1) is 15.6. The lowest BCUT2D eigenvalue weighted by atomic mass is 10.2. The summed E-state index contributed by atoms with van der Waals surface area (Å²) in [6.45, 7) is 3.48. The van der Waals surface area contributed by atoms with Crippen LogP contribution < -0.4 is 4.74 Å². The minimum absolute atomic E-state index is 0.0532. The van der Waals surface area contributed by atoms with Gasteiger partial charge in [-0.25, -0.2) is 9.59 Å². The average molecular weight is 300 g/mol. The molecule has 0 bridgehead atoms. The number of ether oxygens (including phenoxy) is 2. The summed E-state index contributed by atoms with van der Waals surface area (Å²) in [5, 5.41) is 9.22. The second-order valence-corrected chi connectivity index (χ2v) is 4.89. The molecule has 22 heavy (non-hydrogen) atoms. The third-order valence-corrected chi connectivity index (χ3v) is 2.76. The standard InChI is InChI=1S/C17H16O5/c1-11(2)21-17(20)14-5-3-4-6-15(14)22-16(19)12-7-9-13(18)10-8-12/h3-11,18H,1-2H3. The number of carbonyl (C=O) groups excluding carboxylic acids is 2. The quantitative estimate of drug-likeness (QED) is 0.693. The van der Waals surface area contributed by atoms with Crippen LogP contribution in [0.4, 0.5) is 0 Å². The van der Waals surface area contributed by atoms with Gasteiger partial charge in [-0.3, -0.25) is 0 Å². The Morgan fingerprint density at radius 3 is 2.23 bits per heavy atom. The fourth-order valence-corrected chi connectivity index (χ4v) is 1.76. The third-order valence-electron chi connectivity index (χ3n) is 2.76. The molecule has 0 atom stereocenters. The van der Waals surface area contributed by atoms with E-state index in [0.717, 1.165) is 0 Å². The van der Waals surface area contributed by atoms with Gasteiger partial charge in [0.1, 0.15) is 17.1 Å². The lowest BCUT2D eigenvalue weighted by Crippen LogP contribution is -2.15. The van der Waals surface area contributed by atoms with Gasteiger partial charge in [0.25, 0.3) is 0 Å². The zero-order chi connectivity index (χ0) is 16.1. The van der Waals surface area contributed by atoms with Crippen molar-refractivity contribution in [3.05, 3.63) is 59.7 Å². The summed E-state index contributed by atoms with van der Waals surface area (Å²) in [7, 11) is 0. The van der Waals surface area contributed by atoms with E-state index in [1.165, 1.54) is 36.4 Å². The molecule has 5 nitrogen and oxygen atoms in total. The maximum atomic E-state index is 12.1. The molecule has 0 amide bonds. The Balaban J connectivity index is 2.21. The number of phenols is 1. The molecule has 0 radical (unpaired) electrons. The van der Waals surface area contributed by atoms with Crippen LogP contribution in [-0.2, 0) is 4.74 Å². The predicted molar refractivity (Wildman–Crippen MR) is 80.1 cm³/mol. The minimum atomic E-state index is -0.621. The summed E-state index contributed by atoms with van der Waals surface area (Å²) >= 11 is 0. The molecule has 0 unspecified atom stereocenters. The van der Waals surface area contributed by atoms with Crippen LogP contribution in [0, 0.1) is 0 Å². The van der Waals surface area contributed by atoms with Crippen molar-refractivity contribution in [2.75, 3.05) is 0 Å². The first-order chi connectivity index (χ1) is 10.5. The highest BCUT2D eigenvalue weighted by molar-refractivity contribution is 5.96. The number of rotatable bonds is 4. The molecule has 1 N–H and O–H groups in total. The van der Waals surface area contributed by atoms with Crippen molar-refractivity contribution in [2.24, 2.45) is 0 Å². The summed E-state index contributed by atoms with van der Waals surface area (Å²) in [5.74, 6) is -0.988. The molecule has 0 spiro atoms. The van der Waals surface area contributed by atoms with Crippen LogP contribution in [0.25, 0.3) is 0 Å². The van der Waals surface area contributed by atoms with Crippen LogP contribution in [0.15, 0.2) is 48.5 Å². The first-order valence-electron chi connectivity index (χ1n) is 6.78. The van der Waals surface area contributed by atoms with E-state index in [0.29, 0.717) is 0 Å². The minimum Gasteiger partial charge on any atom is -0.508 e. The van der Waals surface area contributed by atoms with Crippen molar-refractivity contribution in [1.29, 1.82) is 0 Å². The van der Waals surface area contributed by atoms with E-state index in [4.69, 9.17) is 9.47 Å². The van der Waals surface area contributed by atoms with Crippen LogP contribution in [-0.4, -0.2) is 23.1 Å². The van der Waals surface area contributed by atoms with Gasteiger partial charge in [-0.2, -0.15) is 0 Å². The van der Waals surface area contributed by atoms with Gasteiger partial charge in [0.2, 0.25) is 0 Å². The van der Waals surface area contributed by atoms with Gasteiger partial charge in [0.05, 0.1) is 11.7 Å². The Labute approximate surface area is 128 Å². The maximum Gasteiger partial charge on any atom is 0.343 e. The van der Waals surface area contributed by atoms with Crippen molar-refractivity contribution in [3.63, 3.8) is 0 Å². The van der Waals surface area contributed by atoms with Crippen molar-refractivity contribution < 1.29 is 24.2 Å². The normalized spacial score (nSPS) is 10.3. The SMILES string of the molecule is CC(C)OC(=O)c1ccccc1OC(=O)c1ccc(O)cc1. The predicted octanol–water partition coefficient (Wildman–Crippen LogP) is 3.18. The Hall–Kier alpha value is -2.82. The molecule has 0 fully saturated rings. The lowest BCUT2D eigenvalue weighted by molar-refractivity contribution is 0.0374. The fourth-order valence-electron chi connectivity index (χ4n) is 1.76. The molecule has 2 aromatic rings. The molecule has 0 saturated heterocycles. The molecule has 0 saturated carbocycles. The summed E-state index contributed by atoms with van der Waals surface area (Å²) in [5.41, 5.74) is 0.452. The Morgan fingerprint density at radius 1 is 0.955 bits per heavy atom. The van der Waals surface area contributed by atoms with Gasteiger partial charge in [-0.1, -0.05) is 12.1 Å². The molecule has 0 aliphatic rings. The second-order valence-electron chi connectivity index (χ2n) is 4.89. The molecule has 5 heteroatoms. The van der Waals surface area contributed by atoms with Gasteiger partial charge in [-0.05, 0) is 50.2 Å². The maximum absolute atomic E-state index is 12.1. The monoisotopic (exact) mass is 300 g/mol. The number of esters is 2. The van der Waals surface area contributed by atoms with E-state index in [1.807, 2.05) is 0 Å². The number of hydrogen-bond acceptors (Lipinski definition) is 5. The number of phenolic OH excluding ortho intramolecular Hbond substituents is 1. The Bertz CT molecular complexity index is 674. The molecule has 0 aliphatic carbocycles. The number of hydrogen-bond donors (Lipinski definition) is 1.